The van der Waals surface area contributed by atoms with Crippen LogP contribution in [0.2, 0.25) is 0 Å². The summed E-state index contributed by atoms with van der Waals surface area (Å²) in [5, 5.41) is 3.43. The molecule has 94 valence electrons. The standard InChI is InChI=1S/C16H20N2/c1-12(2)14-7-4-8-15(10-14)18-11-16-13(3)6-5-9-17-16/h4-10,12,18H,11H2,1-3H3. The fraction of sp³-hybridized carbons (Fsp3) is 0.312. The molecule has 0 aliphatic rings. The van der Waals surface area contributed by atoms with E-state index >= 15 is 0 Å². The van der Waals surface area contributed by atoms with Gasteiger partial charge in [0.2, 0.25) is 0 Å². The van der Waals surface area contributed by atoms with Crippen LogP contribution in [-0.4, -0.2) is 4.98 Å². The van der Waals surface area contributed by atoms with Crippen LogP contribution in [0.15, 0.2) is 42.6 Å². The highest BCUT2D eigenvalue weighted by Crippen LogP contribution is 2.19. The summed E-state index contributed by atoms with van der Waals surface area (Å²) >= 11 is 0. The third-order valence-electron chi connectivity index (χ3n) is 3.13. The van der Waals surface area contributed by atoms with Crippen molar-refractivity contribution in [3.8, 4) is 0 Å². The number of hydrogen-bond donors (Lipinski definition) is 1. The number of aromatic nitrogens is 1. The first-order valence-corrected chi connectivity index (χ1v) is 6.41. The van der Waals surface area contributed by atoms with Crippen LogP contribution in [0.1, 0.15) is 36.6 Å². The van der Waals surface area contributed by atoms with Gasteiger partial charge in [0.15, 0.2) is 0 Å². The summed E-state index contributed by atoms with van der Waals surface area (Å²) < 4.78 is 0. The molecule has 2 heteroatoms. The minimum Gasteiger partial charge on any atom is -0.379 e. The van der Waals surface area contributed by atoms with Crippen LogP contribution < -0.4 is 5.32 Å². The molecule has 0 bridgehead atoms. The maximum Gasteiger partial charge on any atom is 0.0623 e. The molecule has 0 amide bonds. The topological polar surface area (TPSA) is 24.9 Å². The van der Waals surface area contributed by atoms with E-state index < -0.39 is 0 Å². The molecule has 0 atom stereocenters. The molecule has 0 unspecified atom stereocenters. The zero-order chi connectivity index (χ0) is 13.0. The van der Waals surface area contributed by atoms with E-state index in [0.717, 1.165) is 17.9 Å². The predicted molar refractivity (Wildman–Crippen MR) is 76.8 cm³/mol. The summed E-state index contributed by atoms with van der Waals surface area (Å²) in [6.45, 7) is 7.28. The maximum absolute atomic E-state index is 4.39. The van der Waals surface area contributed by atoms with E-state index in [1.807, 2.05) is 12.3 Å². The summed E-state index contributed by atoms with van der Waals surface area (Å²) in [6.07, 6.45) is 1.84. The Hall–Kier alpha value is -1.83. The van der Waals surface area contributed by atoms with Gasteiger partial charge in [-0.05, 0) is 42.2 Å². The lowest BCUT2D eigenvalue weighted by molar-refractivity contribution is 0.866. The Labute approximate surface area is 109 Å². The molecule has 1 heterocycles. The van der Waals surface area contributed by atoms with Crippen molar-refractivity contribution in [1.82, 2.24) is 4.98 Å². The summed E-state index contributed by atoms with van der Waals surface area (Å²) in [5.41, 5.74) is 4.85. The summed E-state index contributed by atoms with van der Waals surface area (Å²) in [5.74, 6) is 0.559. The minimum atomic E-state index is 0.559. The highest BCUT2D eigenvalue weighted by molar-refractivity contribution is 5.46. The van der Waals surface area contributed by atoms with E-state index in [0.29, 0.717) is 5.92 Å². The summed E-state index contributed by atoms with van der Waals surface area (Å²) in [7, 11) is 0. The molecule has 0 aliphatic heterocycles. The van der Waals surface area contributed by atoms with Gasteiger partial charge in [-0.1, -0.05) is 32.0 Å². The van der Waals surface area contributed by atoms with Gasteiger partial charge in [0.1, 0.15) is 0 Å². The fourth-order valence-electron chi connectivity index (χ4n) is 1.90. The quantitative estimate of drug-likeness (QED) is 0.869. The van der Waals surface area contributed by atoms with Gasteiger partial charge in [0.05, 0.1) is 12.2 Å². The Balaban J connectivity index is 2.07. The third-order valence-corrected chi connectivity index (χ3v) is 3.13. The second-order valence-electron chi connectivity index (χ2n) is 4.90. The SMILES string of the molecule is Cc1cccnc1CNc1cccc(C(C)C)c1. The number of anilines is 1. The van der Waals surface area contributed by atoms with Crippen molar-refractivity contribution >= 4 is 5.69 Å². The molecule has 2 aromatic rings. The number of aryl methyl sites for hydroxylation is 1. The highest BCUT2D eigenvalue weighted by atomic mass is 14.9. The molecular weight excluding hydrogens is 220 g/mol. The van der Waals surface area contributed by atoms with Crippen molar-refractivity contribution in [3.05, 3.63) is 59.4 Å². The zero-order valence-corrected chi connectivity index (χ0v) is 11.3. The Morgan fingerprint density at radius 3 is 2.72 bits per heavy atom. The first-order valence-electron chi connectivity index (χ1n) is 6.41. The molecule has 2 nitrogen and oxygen atoms in total. The second-order valence-corrected chi connectivity index (χ2v) is 4.90. The van der Waals surface area contributed by atoms with Gasteiger partial charge < -0.3 is 5.32 Å². The van der Waals surface area contributed by atoms with Crippen molar-refractivity contribution in [1.29, 1.82) is 0 Å². The average Bonchev–Trinajstić information content (AvgIpc) is 2.38. The van der Waals surface area contributed by atoms with Gasteiger partial charge in [-0.25, -0.2) is 0 Å². The Morgan fingerprint density at radius 1 is 1.17 bits per heavy atom. The van der Waals surface area contributed by atoms with Gasteiger partial charge in [-0.2, -0.15) is 0 Å². The van der Waals surface area contributed by atoms with Crippen molar-refractivity contribution in [3.63, 3.8) is 0 Å². The number of rotatable bonds is 4. The van der Waals surface area contributed by atoms with Crippen LogP contribution >= 0.6 is 0 Å². The Morgan fingerprint density at radius 2 is 2.00 bits per heavy atom. The van der Waals surface area contributed by atoms with Crippen LogP contribution in [0.3, 0.4) is 0 Å². The Kier molecular flexibility index (Phi) is 3.98. The normalized spacial score (nSPS) is 10.7. The molecule has 1 N–H and O–H groups in total. The monoisotopic (exact) mass is 240 g/mol. The van der Waals surface area contributed by atoms with Crippen LogP contribution in [0.25, 0.3) is 0 Å². The van der Waals surface area contributed by atoms with Gasteiger partial charge >= 0.3 is 0 Å². The first-order chi connectivity index (χ1) is 8.66. The van der Waals surface area contributed by atoms with Crippen molar-refractivity contribution in [2.75, 3.05) is 5.32 Å². The highest BCUT2D eigenvalue weighted by Gasteiger charge is 2.01. The number of benzene rings is 1. The van der Waals surface area contributed by atoms with Gasteiger partial charge in [0.25, 0.3) is 0 Å². The predicted octanol–water partition coefficient (Wildman–Crippen LogP) is 4.13. The van der Waals surface area contributed by atoms with E-state index in [2.05, 4.69) is 61.4 Å². The molecule has 0 fully saturated rings. The van der Waals surface area contributed by atoms with Crippen molar-refractivity contribution < 1.29 is 0 Å². The van der Waals surface area contributed by atoms with E-state index in [1.165, 1.54) is 11.1 Å². The molecular formula is C16H20N2. The second kappa shape index (κ2) is 5.67. The molecule has 1 aromatic heterocycles. The van der Waals surface area contributed by atoms with E-state index in [-0.39, 0.29) is 0 Å². The first kappa shape index (κ1) is 12.6. The van der Waals surface area contributed by atoms with Crippen LogP contribution in [-0.2, 0) is 6.54 Å². The lowest BCUT2D eigenvalue weighted by Crippen LogP contribution is -2.03. The van der Waals surface area contributed by atoms with Gasteiger partial charge in [0, 0.05) is 11.9 Å². The molecule has 1 aromatic carbocycles. The number of nitrogens with zero attached hydrogens (tertiary/aromatic N) is 1. The zero-order valence-electron chi connectivity index (χ0n) is 11.3. The minimum absolute atomic E-state index is 0.559. The smallest absolute Gasteiger partial charge is 0.0623 e. The van der Waals surface area contributed by atoms with Gasteiger partial charge in [-0.15, -0.1) is 0 Å². The van der Waals surface area contributed by atoms with Crippen LogP contribution in [0.4, 0.5) is 5.69 Å². The fourth-order valence-corrected chi connectivity index (χ4v) is 1.90. The lowest BCUT2D eigenvalue weighted by Gasteiger charge is -2.11. The molecule has 0 aliphatic carbocycles. The van der Waals surface area contributed by atoms with Crippen molar-refractivity contribution in [2.24, 2.45) is 0 Å². The number of pyridine rings is 1. The molecule has 0 saturated heterocycles. The summed E-state index contributed by atoms with van der Waals surface area (Å²) in [4.78, 5) is 4.39. The third kappa shape index (κ3) is 3.10. The molecule has 0 radical (unpaired) electrons. The lowest BCUT2D eigenvalue weighted by atomic mass is 10.0. The van der Waals surface area contributed by atoms with Crippen LogP contribution in [0.5, 0.6) is 0 Å². The van der Waals surface area contributed by atoms with E-state index in [4.69, 9.17) is 0 Å². The largest absolute Gasteiger partial charge is 0.379 e. The van der Waals surface area contributed by atoms with Gasteiger partial charge in [-0.3, -0.25) is 4.98 Å². The van der Waals surface area contributed by atoms with E-state index in [1.54, 1.807) is 0 Å². The van der Waals surface area contributed by atoms with Crippen LogP contribution in [0, 0.1) is 6.92 Å². The molecule has 18 heavy (non-hydrogen) atoms. The molecule has 2 rings (SSSR count). The van der Waals surface area contributed by atoms with Crippen molar-refractivity contribution in [2.45, 2.75) is 33.2 Å². The maximum atomic E-state index is 4.39. The van der Waals surface area contributed by atoms with E-state index in [9.17, 15) is 0 Å². The average molecular weight is 240 g/mol. The number of nitrogens with one attached hydrogen (secondary N) is 1. The number of hydrogen-bond acceptors (Lipinski definition) is 2. The molecule has 0 saturated carbocycles. The summed E-state index contributed by atoms with van der Waals surface area (Å²) in [6, 6.07) is 12.6. The molecule has 0 spiro atoms. The Bertz CT molecular complexity index is 518.